The first kappa shape index (κ1) is 20.8. The summed E-state index contributed by atoms with van der Waals surface area (Å²) < 4.78 is 36.8. The summed E-state index contributed by atoms with van der Waals surface area (Å²) in [5, 5.41) is 4.94. The molecule has 0 bridgehead atoms. The van der Waals surface area contributed by atoms with Gasteiger partial charge < -0.3 is 25.1 Å². The fraction of sp³-hybridized carbons (Fsp3) is 0.312. The normalized spacial score (nSPS) is 12.6. The van der Waals surface area contributed by atoms with E-state index in [0.717, 1.165) is 0 Å². The Bertz CT molecular complexity index is 1090. The van der Waals surface area contributed by atoms with Crippen LogP contribution >= 0.6 is 11.3 Å². The molecule has 1 aliphatic heterocycles. The summed E-state index contributed by atoms with van der Waals surface area (Å²) in [5.41, 5.74) is 0.568. The molecular formula is C16H18N4O7S2. The lowest BCUT2D eigenvalue weighted by molar-refractivity contribution is -0.120. The lowest BCUT2D eigenvalue weighted by Crippen LogP contribution is -2.40. The first-order chi connectivity index (χ1) is 13.8. The Labute approximate surface area is 169 Å². The van der Waals surface area contributed by atoms with Crippen LogP contribution in [0.1, 0.15) is 16.1 Å². The van der Waals surface area contributed by atoms with Crippen LogP contribution in [0.3, 0.4) is 0 Å². The van der Waals surface area contributed by atoms with E-state index in [1.54, 1.807) is 12.1 Å². The molecule has 0 unspecified atom stereocenters. The van der Waals surface area contributed by atoms with Crippen molar-refractivity contribution < 1.29 is 27.5 Å². The van der Waals surface area contributed by atoms with Crippen molar-refractivity contribution in [2.45, 2.75) is 11.1 Å². The number of thiazole rings is 1. The minimum atomic E-state index is -3.84. The second kappa shape index (κ2) is 8.63. The average Bonchev–Trinajstić information content (AvgIpc) is 3.28. The van der Waals surface area contributed by atoms with Crippen molar-refractivity contribution in [1.82, 2.24) is 20.3 Å². The minimum absolute atomic E-state index is 0.0102. The monoisotopic (exact) mass is 442 g/mol. The number of sulfonamides is 1. The number of aromatic amines is 1. The molecule has 29 heavy (non-hydrogen) atoms. The summed E-state index contributed by atoms with van der Waals surface area (Å²) in [6.45, 7) is 1.23. The number of aromatic nitrogens is 1. The third-order valence-corrected chi connectivity index (χ3v) is 6.87. The molecule has 0 saturated heterocycles. The van der Waals surface area contributed by atoms with E-state index < -0.39 is 26.7 Å². The van der Waals surface area contributed by atoms with E-state index in [0.29, 0.717) is 28.4 Å². The topological polar surface area (TPSA) is 156 Å². The highest BCUT2D eigenvalue weighted by atomic mass is 32.2. The van der Waals surface area contributed by atoms with Crippen LogP contribution in [0.2, 0.25) is 0 Å². The molecule has 0 aliphatic carbocycles. The molecule has 0 saturated carbocycles. The van der Waals surface area contributed by atoms with Crippen LogP contribution in [0.25, 0.3) is 0 Å². The van der Waals surface area contributed by atoms with Gasteiger partial charge in [0.15, 0.2) is 15.7 Å². The molecule has 2 aromatic rings. The Morgan fingerprint density at radius 1 is 1.17 bits per heavy atom. The minimum Gasteiger partial charge on any atom is -0.454 e. The van der Waals surface area contributed by atoms with E-state index in [4.69, 9.17) is 9.47 Å². The van der Waals surface area contributed by atoms with Gasteiger partial charge in [0, 0.05) is 24.3 Å². The molecule has 0 fully saturated rings. The van der Waals surface area contributed by atoms with Gasteiger partial charge >= 0.3 is 4.87 Å². The van der Waals surface area contributed by atoms with Gasteiger partial charge in [0.25, 0.3) is 15.9 Å². The molecule has 2 heterocycles. The summed E-state index contributed by atoms with van der Waals surface area (Å²) in [6.07, 6.45) is 0. The average molecular weight is 442 g/mol. The van der Waals surface area contributed by atoms with Crippen LogP contribution in [0.15, 0.2) is 27.2 Å². The number of benzene rings is 1. The Balaban J connectivity index is 1.40. The first-order valence-electron chi connectivity index (χ1n) is 8.40. The smallest absolute Gasteiger partial charge is 0.305 e. The van der Waals surface area contributed by atoms with Crippen molar-refractivity contribution in [3.05, 3.63) is 39.1 Å². The lowest BCUT2D eigenvalue weighted by Gasteiger charge is -2.08. The van der Waals surface area contributed by atoms with Gasteiger partial charge in [-0.1, -0.05) is 11.3 Å². The molecule has 0 spiro atoms. The third kappa shape index (κ3) is 5.13. The second-order valence-electron chi connectivity index (χ2n) is 5.93. The molecule has 2 amide bonds. The zero-order valence-corrected chi connectivity index (χ0v) is 16.9. The van der Waals surface area contributed by atoms with E-state index in [2.05, 4.69) is 20.3 Å². The van der Waals surface area contributed by atoms with Gasteiger partial charge in [0.05, 0.1) is 6.54 Å². The van der Waals surface area contributed by atoms with E-state index in [-0.39, 0.29) is 36.3 Å². The second-order valence-corrected chi connectivity index (χ2v) is 8.87. The van der Waals surface area contributed by atoms with Crippen molar-refractivity contribution in [2.24, 2.45) is 0 Å². The molecular weight excluding hydrogens is 424 g/mol. The van der Waals surface area contributed by atoms with Gasteiger partial charge in [-0.25, -0.2) is 13.1 Å². The fourth-order valence-electron chi connectivity index (χ4n) is 2.46. The molecule has 1 aromatic carbocycles. The van der Waals surface area contributed by atoms with Gasteiger partial charge in [-0.15, -0.1) is 0 Å². The number of ether oxygens (including phenoxy) is 2. The summed E-state index contributed by atoms with van der Waals surface area (Å²) in [4.78, 5) is 37.1. The summed E-state index contributed by atoms with van der Waals surface area (Å²) in [7, 11) is -3.84. The van der Waals surface area contributed by atoms with E-state index in [1.807, 2.05) is 0 Å². The molecule has 3 rings (SSSR count). The maximum absolute atomic E-state index is 12.1. The number of rotatable bonds is 8. The van der Waals surface area contributed by atoms with Crippen molar-refractivity contribution in [2.75, 3.05) is 26.4 Å². The molecule has 0 atom stereocenters. The fourth-order valence-corrected chi connectivity index (χ4v) is 4.84. The number of carbonyl (C=O) groups is 2. The summed E-state index contributed by atoms with van der Waals surface area (Å²) in [5.74, 6) is 0.0543. The van der Waals surface area contributed by atoms with Crippen molar-refractivity contribution >= 4 is 33.2 Å². The number of fused-ring (bicyclic) bond motifs is 1. The third-order valence-electron chi connectivity index (χ3n) is 3.81. The highest BCUT2D eigenvalue weighted by Crippen LogP contribution is 2.32. The largest absolute Gasteiger partial charge is 0.454 e. The Morgan fingerprint density at radius 3 is 2.66 bits per heavy atom. The van der Waals surface area contributed by atoms with Gasteiger partial charge in [-0.2, -0.15) is 0 Å². The van der Waals surface area contributed by atoms with Crippen LogP contribution in [-0.4, -0.2) is 51.6 Å². The number of H-pyrrole nitrogens is 1. The maximum Gasteiger partial charge on any atom is 0.305 e. The molecule has 1 aromatic heterocycles. The predicted molar refractivity (Wildman–Crippen MR) is 103 cm³/mol. The van der Waals surface area contributed by atoms with E-state index >= 15 is 0 Å². The van der Waals surface area contributed by atoms with Crippen LogP contribution in [0.4, 0.5) is 0 Å². The first-order valence-corrected chi connectivity index (χ1v) is 10.7. The van der Waals surface area contributed by atoms with Gasteiger partial charge in [0.1, 0.15) is 0 Å². The number of aryl methyl sites for hydroxylation is 1. The Kier molecular flexibility index (Phi) is 6.20. The van der Waals surface area contributed by atoms with Crippen molar-refractivity contribution in [3.63, 3.8) is 0 Å². The lowest BCUT2D eigenvalue weighted by atomic mass is 10.2. The highest BCUT2D eigenvalue weighted by molar-refractivity contribution is 7.91. The molecule has 13 heteroatoms. The van der Waals surface area contributed by atoms with Crippen LogP contribution in [-0.2, 0) is 14.8 Å². The zero-order valence-electron chi connectivity index (χ0n) is 15.2. The number of hydrogen-bond acceptors (Lipinski definition) is 8. The van der Waals surface area contributed by atoms with Crippen LogP contribution < -0.4 is 29.7 Å². The predicted octanol–water partition coefficient (Wildman–Crippen LogP) is -0.702. The van der Waals surface area contributed by atoms with Gasteiger partial charge in [-0.05, 0) is 25.1 Å². The molecule has 11 nitrogen and oxygen atoms in total. The number of amides is 2. The number of nitrogens with one attached hydrogen (secondary N) is 4. The van der Waals surface area contributed by atoms with Gasteiger partial charge in [0.2, 0.25) is 12.7 Å². The van der Waals surface area contributed by atoms with Crippen molar-refractivity contribution in [3.8, 4) is 11.5 Å². The summed E-state index contributed by atoms with van der Waals surface area (Å²) >= 11 is 0.589. The SMILES string of the molecule is Cc1[nH]c(=O)sc1S(=O)(=O)NCCNC(=O)CNC(=O)c1ccc2c(c1)OCO2. The van der Waals surface area contributed by atoms with Crippen molar-refractivity contribution in [1.29, 1.82) is 0 Å². The zero-order chi connectivity index (χ0) is 21.0. The Morgan fingerprint density at radius 2 is 1.93 bits per heavy atom. The number of carbonyl (C=O) groups excluding carboxylic acids is 2. The van der Waals surface area contributed by atoms with Crippen LogP contribution in [0, 0.1) is 6.92 Å². The Hall–Kier alpha value is -2.90. The summed E-state index contributed by atoms with van der Waals surface area (Å²) in [6, 6.07) is 4.67. The van der Waals surface area contributed by atoms with Crippen LogP contribution in [0.5, 0.6) is 11.5 Å². The highest BCUT2D eigenvalue weighted by Gasteiger charge is 2.20. The molecule has 156 valence electrons. The van der Waals surface area contributed by atoms with E-state index in [1.165, 1.54) is 13.0 Å². The molecule has 4 N–H and O–H groups in total. The molecule has 0 radical (unpaired) electrons. The standard InChI is InChI=1S/C16H18N4O7S2/c1-9-15(28-16(23)20-9)29(24,25)19-5-4-17-13(21)7-18-14(22)10-2-3-11-12(6-10)27-8-26-11/h2-3,6,19H,4-5,7-8H2,1H3,(H,17,21)(H,18,22)(H,20,23). The van der Waals surface area contributed by atoms with E-state index in [9.17, 15) is 22.8 Å². The van der Waals surface area contributed by atoms with Gasteiger partial charge in [-0.3, -0.25) is 14.4 Å². The quantitative estimate of drug-likeness (QED) is 0.394. The molecule has 1 aliphatic rings. The maximum atomic E-state index is 12.1. The number of hydrogen-bond donors (Lipinski definition) is 4.